The first kappa shape index (κ1) is 12.7. The van der Waals surface area contributed by atoms with Crippen LogP contribution in [0.15, 0.2) is 18.2 Å². The van der Waals surface area contributed by atoms with Gasteiger partial charge in [0.25, 0.3) is 0 Å². The Morgan fingerprint density at radius 2 is 2.24 bits per heavy atom. The fourth-order valence-electron chi connectivity index (χ4n) is 2.69. The van der Waals surface area contributed by atoms with Gasteiger partial charge in [-0.25, -0.2) is 0 Å². The molecule has 1 saturated heterocycles. The Balaban J connectivity index is 2.07. The molecule has 0 spiro atoms. The minimum atomic E-state index is 0.164. The lowest BCUT2D eigenvalue weighted by molar-refractivity contribution is 0.199. The normalized spacial score (nSPS) is 21.3. The van der Waals surface area contributed by atoms with Gasteiger partial charge >= 0.3 is 0 Å². The highest BCUT2D eigenvalue weighted by Crippen LogP contribution is 2.28. The molecule has 1 aliphatic heterocycles. The molecular formula is C14H20ClNO. The van der Waals surface area contributed by atoms with Gasteiger partial charge in [-0.1, -0.05) is 31.5 Å². The number of benzene rings is 1. The third kappa shape index (κ3) is 2.93. The highest BCUT2D eigenvalue weighted by molar-refractivity contribution is 6.32. The van der Waals surface area contributed by atoms with Crippen LogP contribution in [0.5, 0.6) is 5.75 Å². The summed E-state index contributed by atoms with van der Waals surface area (Å²) in [4.78, 5) is 2.52. The summed E-state index contributed by atoms with van der Waals surface area (Å²) in [6.07, 6.45) is 2.58. The van der Waals surface area contributed by atoms with Gasteiger partial charge in [-0.2, -0.15) is 0 Å². The van der Waals surface area contributed by atoms with Crippen LogP contribution in [0.25, 0.3) is 0 Å². The van der Waals surface area contributed by atoms with Crippen molar-refractivity contribution in [1.29, 1.82) is 0 Å². The number of rotatable bonds is 3. The van der Waals surface area contributed by atoms with E-state index in [4.69, 9.17) is 11.6 Å². The highest BCUT2D eigenvalue weighted by atomic mass is 35.5. The van der Waals surface area contributed by atoms with Gasteiger partial charge in [-0.15, -0.1) is 0 Å². The van der Waals surface area contributed by atoms with Gasteiger partial charge in [-0.3, -0.25) is 4.90 Å². The van der Waals surface area contributed by atoms with E-state index in [9.17, 15) is 5.11 Å². The van der Waals surface area contributed by atoms with Gasteiger partial charge in [-0.05, 0) is 43.0 Å². The van der Waals surface area contributed by atoms with Crippen LogP contribution >= 0.6 is 11.6 Å². The van der Waals surface area contributed by atoms with Gasteiger partial charge in [0.05, 0.1) is 5.02 Å². The van der Waals surface area contributed by atoms with Gasteiger partial charge in [0.1, 0.15) is 5.75 Å². The number of phenolic OH excluding ortho intramolecular Hbond substituents is 1. The second-order valence-corrected chi connectivity index (χ2v) is 5.62. The monoisotopic (exact) mass is 253 g/mol. The molecule has 0 saturated carbocycles. The largest absolute Gasteiger partial charge is 0.506 e. The van der Waals surface area contributed by atoms with Gasteiger partial charge in [0.15, 0.2) is 0 Å². The maximum absolute atomic E-state index is 9.40. The lowest BCUT2D eigenvalue weighted by Gasteiger charge is -2.27. The summed E-state index contributed by atoms with van der Waals surface area (Å²) < 4.78 is 0. The molecule has 1 atom stereocenters. The second kappa shape index (κ2) is 5.28. The average molecular weight is 254 g/mol. The number of aromatic hydroxyl groups is 1. The minimum Gasteiger partial charge on any atom is -0.506 e. The Labute approximate surface area is 108 Å². The van der Waals surface area contributed by atoms with Crippen LogP contribution in [-0.4, -0.2) is 22.6 Å². The number of hydrogen-bond donors (Lipinski definition) is 1. The Kier molecular flexibility index (Phi) is 3.95. The Hall–Kier alpha value is -0.730. The Morgan fingerprint density at radius 1 is 1.47 bits per heavy atom. The maximum atomic E-state index is 9.40. The molecule has 1 unspecified atom stereocenters. The predicted molar refractivity (Wildman–Crippen MR) is 71.4 cm³/mol. The summed E-state index contributed by atoms with van der Waals surface area (Å²) in [7, 11) is 0. The van der Waals surface area contributed by atoms with E-state index < -0.39 is 0 Å². The third-order valence-electron chi connectivity index (χ3n) is 3.58. The van der Waals surface area contributed by atoms with Crippen molar-refractivity contribution < 1.29 is 5.11 Å². The quantitative estimate of drug-likeness (QED) is 0.889. The van der Waals surface area contributed by atoms with E-state index in [1.54, 1.807) is 6.07 Å². The van der Waals surface area contributed by atoms with Crippen molar-refractivity contribution in [3.63, 3.8) is 0 Å². The van der Waals surface area contributed by atoms with E-state index in [0.29, 0.717) is 17.0 Å². The van der Waals surface area contributed by atoms with Crippen molar-refractivity contribution in [2.24, 2.45) is 5.92 Å². The zero-order valence-corrected chi connectivity index (χ0v) is 11.2. The first-order chi connectivity index (χ1) is 8.08. The van der Waals surface area contributed by atoms with Crippen LogP contribution in [0.1, 0.15) is 32.3 Å². The lowest BCUT2D eigenvalue weighted by atomic mass is 10.0. The van der Waals surface area contributed by atoms with Crippen LogP contribution in [0.4, 0.5) is 0 Å². The topological polar surface area (TPSA) is 23.5 Å². The van der Waals surface area contributed by atoms with E-state index in [2.05, 4.69) is 18.7 Å². The van der Waals surface area contributed by atoms with Gasteiger partial charge in [0, 0.05) is 12.6 Å². The Bertz CT molecular complexity index is 392. The molecule has 1 fully saturated rings. The molecule has 0 bridgehead atoms. The molecule has 3 heteroatoms. The molecular weight excluding hydrogens is 234 g/mol. The first-order valence-electron chi connectivity index (χ1n) is 6.29. The summed E-state index contributed by atoms with van der Waals surface area (Å²) in [6.45, 7) is 6.67. The van der Waals surface area contributed by atoms with Crippen LogP contribution in [0.3, 0.4) is 0 Å². The van der Waals surface area contributed by atoms with E-state index in [0.717, 1.165) is 6.54 Å². The number of likely N-dealkylation sites (tertiary alicyclic amines) is 1. The smallest absolute Gasteiger partial charge is 0.134 e. The highest BCUT2D eigenvalue weighted by Gasteiger charge is 2.26. The van der Waals surface area contributed by atoms with Crippen molar-refractivity contribution in [2.75, 3.05) is 6.54 Å². The molecule has 1 aliphatic rings. The summed E-state index contributed by atoms with van der Waals surface area (Å²) in [5.41, 5.74) is 1.18. The van der Waals surface area contributed by atoms with Crippen molar-refractivity contribution in [3.8, 4) is 5.75 Å². The number of nitrogens with zero attached hydrogens (tertiary/aromatic N) is 1. The number of hydrogen-bond acceptors (Lipinski definition) is 2. The SMILES string of the molecule is CC(C)C1CCCN1Cc1ccc(O)c(Cl)c1. The molecule has 0 aliphatic carbocycles. The lowest BCUT2D eigenvalue weighted by Crippen LogP contribution is -2.32. The van der Waals surface area contributed by atoms with Gasteiger partial charge < -0.3 is 5.11 Å². The zero-order valence-electron chi connectivity index (χ0n) is 10.5. The van der Waals surface area contributed by atoms with E-state index in [1.165, 1.54) is 24.9 Å². The summed E-state index contributed by atoms with van der Waals surface area (Å²) in [5.74, 6) is 0.863. The standard InChI is InChI=1S/C14H20ClNO/c1-10(2)13-4-3-7-16(13)9-11-5-6-14(17)12(15)8-11/h5-6,8,10,13,17H,3-4,7,9H2,1-2H3. The molecule has 0 radical (unpaired) electrons. The van der Waals surface area contributed by atoms with Crippen LogP contribution in [0, 0.1) is 5.92 Å². The molecule has 0 amide bonds. The average Bonchev–Trinajstić information content (AvgIpc) is 2.72. The molecule has 1 N–H and O–H groups in total. The molecule has 94 valence electrons. The summed E-state index contributed by atoms with van der Waals surface area (Å²) in [6, 6.07) is 6.18. The fraction of sp³-hybridized carbons (Fsp3) is 0.571. The third-order valence-corrected chi connectivity index (χ3v) is 3.88. The van der Waals surface area contributed by atoms with Crippen molar-refractivity contribution in [2.45, 2.75) is 39.3 Å². The van der Waals surface area contributed by atoms with E-state index in [1.807, 2.05) is 12.1 Å². The van der Waals surface area contributed by atoms with Crippen LogP contribution < -0.4 is 0 Å². The molecule has 1 heterocycles. The van der Waals surface area contributed by atoms with Gasteiger partial charge in [0.2, 0.25) is 0 Å². The minimum absolute atomic E-state index is 0.164. The first-order valence-corrected chi connectivity index (χ1v) is 6.67. The molecule has 17 heavy (non-hydrogen) atoms. The number of halogens is 1. The predicted octanol–water partition coefficient (Wildman–Crippen LogP) is 3.67. The van der Waals surface area contributed by atoms with E-state index >= 15 is 0 Å². The van der Waals surface area contributed by atoms with Crippen molar-refractivity contribution >= 4 is 11.6 Å². The van der Waals surface area contributed by atoms with Crippen molar-refractivity contribution in [3.05, 3.63) is 28.8 Å². The van der Waals surface area contributed by atoms with E-state index in [-0.39, 0.29) is 5.75 Å². The number of phenols is 1. The van der Waals surface area contributed by atoms with Crippen molar-refractivity contribution in [1.82, 2.24) is 4.90 Å². The summed E-state index contributed by atoms with van der Waals surface area (Å²) in [5, 5.41) is 9.85. The second-order valence-electron chi connectivity index (χ2n) is 5.21. The van der Waals surface area contributed by atoms with Crippen LogP contribution in [-0.2, 0) is 6.54 Å². The fourth-order valence-corrected chi connectivity index (χ4v) is 2.89. The molecule has 1 aromatic rings. The maximum Gasteiger partial charge on any atom is 0.134 e. The molecule has 2 nitrogen and oxygen atoms in total. The molecule has 1 aromatic carbocycles. The summed E-state index contributed by atoms with van der Waals surface area (Å²) >= 11 is 5.93. The van der Waals surface area contributed by atoms with Crippen LogP contribution in [0.2, 0.25) is 5.02 Å². The molecule has 0 aromatic heterocycles. The Morgan fingerprint density at radius 3 is 2.88 bits per heavy atom. The zero-order chi connectivity index (χ0) is 12.4. The molecule has 2 rings (SSSR count).